The van der Waals surface area contributed by atoms with Gasteiger partial charge < -0.3 is 10.4 Å². The number of hydrogen-bond acceptors (Lipinski definition) is 2. The number of nitrogens with one attached hydrogen (secondary N) is 1. The van der Waals surface area contributed by atoms with Gasteiger partial charge in [-0.2, -0.15) is 0 Å². The molecule has 0 unspecified atom stereocenters. The quantitative estimate of drug-likeness (QED) is 0.818. The highest BCUT2D eigenvalue weighted by Crippen LogP contribution is 2.11. The molecule has 0 bridgehead atoms. The minimum atomic E-state index is -1.02. The number of carbonyl (C=O) groups is 2. The van der Waals surface area contributed by atoms with Gasteiger partial charge in [0.05, 0.1) is 5.56 Å². The second-order valence-corrected chi connectivity index (χ2v) is 3.96. The highest BCUT2D eigenvalue weighted by Gasteiger charge is 2.12. The van der Waals surface area contributed by atoms with Crippen molar-refractivity contribution in [2.24, 2.45) is 0 Å². The molecule has 0 atom stereocenters. The minimum Gasteiger partial charge on any atom is -0.478 e. The molecule has 0 spiro atoms. The van der Waals surface area contributed by atoms with Gasteiger partial charge in [-0.3, -0.25) is 4.79 Å². The first-order valence-corrected chi connectivity index (χ1v) is 5.06. The van der Waals surface area contributed by atoms with Crippen molar-refractivity contribution in [3.63, 3.8) is 0 Å². The van der Waals surface area contributed by atoms with Crippen molar-refractivity contribution in [3.8, 4) is 0 Å². The first kappa shape index (κ1) is 12.2. The first-order chi connectivity index (χ1) is 7.41. The van der Waals surface area contributed by atoms with Crippen molar-refractivity contribution < 1.29 is 14.7 Å². The number of carboxylic acid groups (broad SMARTS) is 1. The fourth-order valence-electron chi connectivity index (χ4n) is 1.34. The normalized spacial score (nSPS) is 10.2. The largest absolute Gasteiger partial charge is 0.478 e. The minimum absolute atomic E-state index is 0.0297. The summed E-state index contributed by atoms with van der Waals surface area (Å²) in [5.74, 6) is -1.27. The van der Waals surface area contributed by atoms with E-state index in [2.05, 4.69) is 5.32 Å². The summed E-state index contributed by atoms with van der Waals surface area (Å²) in [6.45, 7) is 5.40. The maximum absolute atomic E-state index is 11.6. The van der Waals surface area contributed by atoms with Crippen molar-refractivity contribution in [2.45, 2.75) is 26.8 Å². The summed E-state index contributed by atoms with van der Waals surface area (Å²) in [5, 5.41) is 11.6. The van der Waals surface area contributed by atoms with Crippen LogP contribution >= 0.6 is 0 Å². The average Bonchev–Trinajstić information content (AvgIpc) is 2.16. The molecule has 0 aliphatic carbocycles. The van der Waals surface area contributed by atoms with Crippen LogP contribution in [0.3, 0.4) is 0 Å². The number of rotatable bonds is 3. The van der Waals surface area contributed by atoms with Gasteiger partial charge in [0, 0.05) is 11.6 Å². The van der Waals surface area contributed by atoms with Gasteiger partial charge in [0.2, 0.25) is 0 Å². The molecule has 1 aromatic carbocycles. The number of aryl methyl sites for hydroxylation is 1. The molecule has 1 amide bonds. The van der Waals surface area contributed by atoms with Gasteiger partial charge in [-0.1, -0.05) is 6.07 Å². The molecule has 4 nitrogen and oxygen atoms in total. The molecule has 4 heteroatoms. The molecule has 0 fully saturated rings. The lowest BCUT2D eigenvalue weighted by Gasteiger charge is -2.09. The summed E-state index contributed by atoms with van der Waals surface area (Å²) >= 11 is 0. The zero-order valence-electron chi connectivity index (χ0n) is 9.57. The molecule has 0 aliphatic heterocycles. The van der Waals surface area contributed by atoms with E-state index in [9.17, 15) is 9.59 Å². The Bertz CT molecular complexity index is 424. The molecule has 16 heavy (non-hydrogen) atoms. The Morgan fingerprint density at radius 1 is 1.31 bits per heavy atom. The Morgan fingerprint density at radius 2 is 1.94 bits per heavy atom. The number of benzene rings is 1. The third kappa shape index (κ3) is 2.82. The Labute approximate surface area is 94.3 Å². The maximum atomic E-state index is 11.6. The molecule has 0 saturated heterocycles. The second kappa shape index (κ2) is 4.79. The number of carboxylic acids is 1. The zero-order valence-corrected chi connectivity index (χ0v) is 9.57. The third-order valence-electron chi connectivity index (χ3n) is 2.15. The summed E-state index contributed by atoms with van der Waals surface area (Å²) in [6, 6.07) is 4.69. The van der Waals surface area contributed by atoms with E-state index < -0.39 is 5.97 Å². The summed E-state index contributed by atoms with van der Waals surface area (Å²) in [6.07, 6.45) is 0. The van der Waals surface area contributed by atoms with E-state index in [4.69, 9.17) is 5.11 Å². The van der Waals surface area contributed by atoms with Gasteiger partial charge in [-0.25, -0.2) is 4.79 Å². The van der Waals surface area contributed by atoms with Crippen molar-refractivity contribution in [3.05, 3.63) is 34.9 Å². The molecule has 0 radical (unpaired) electrons. The summed E-state index contributed by atoms with van der Waals surface area (Å²) in [7, 11) is 0. The highest BCUT2D eigenvalue weighted by molar-refractivity contribution is 5.98. The molecule has 0 saturated carbocycles. The van der Waals surface area contributed by atoms with E-state index >= 15 is 0 Å². The van der Waals surface area contributed by atoms with Crippen LogP contribution in [0.1, 0.15) is 40.1 Å². The van der Waals surface area contributed by atoms with Crippen LogP contribution in [0.25, 0.3) is 0 Å². The predicted octanol–water partition coefficient (Wildman–Crippen LogP) is 1.83. The predicted molar refractivity (Wildman–Crippen MR) is 60.7 cm³/mol. The molecule has 0 heterocycles. The van der Waals surface area contributed by atoms with Crippen LogP contribution in [0.2, 0.25) is 0 Å². The van der Waals surface area contributed by atoms with Crippen LogP contribution in [0.4, 0.5) is 0 Å². The van der Waals surface area contributed by atoms with E-state index in [-0.39, 0.29) is 17.5 Å². The van der Waals surface area contributed by atoms with Crippen LogP contribution in [-0.4, -0.2) is 23.0 Å². The zero-order chi connectivity index (χ0) is 12.3. The Balaban J connectivity index is 3.03. The number of carbonyl (C=O) groups excluding carboxylic acids is 1. The number of hydrogen-bond donors (Lipinski definition) is 2. The molecule has 86 valence electrons. The fourth-order valence-corrected chi connectivity index (χ4v) is 1.34. The van der Waals surface area contributed by atoms with Crippen LogP contribution in [-0.2, 0) is 0 Å². The lowest BCUT2D eigenvalue weighted by molar-refractivity contribution is 0.0696. The van der Waals surface area contributed by atoms with Gasteiger partial charge in [-0.15, -0.1) is 0 Å². The molecular formula is C12H15NO3. The average molecular weight is 221 g/mol. The molecule has 2 N–H and O–H groups in total. The molecule has 1 rings (SSSR count). The smallest absolute Gasteiger partial charge is 0.335 e. The van der Waals surface area contributed by atoms with Gasteiger partial charge in [0.15, 0.2) is 0 Å². The summed E-state index contributed by atoms with van der Waals surface area (Å²) in [5.41, 5.74) is 1.18. The van der Waals surface area contributed by atoms with Crippen LogP contribution in [0, 0.1) is 6.92 Å². The number of amides is 1. The Morgan fingerprint density at radius 3 is 2.44 bits per heavy atom. The molecule has 1 aromatic rings. The van der Waals surface area contributed by atoms with E-state index in [1.54, 1.807) is 19.1 Å². The number of aromatic carboxylic acids is 1. The molecule has 0 aliphatic rings. The van der Waals surface area contributed by atoms with Crippen molar-refractivity contribution in [2.75, 3.05) is 0 Å². The Hall–Kier alpha value is -1.84. The lowest BCUT2D eigenvalue weighted by Crippen LogP contribution is -2.30. The molecular weight excluding hydrogens is 206 g/mol. The van der Waals surface area contributed by atoms with Crippen molar-refractivity contribution >= 4 is 11.9 Å². The van der Waals surface area contributed by atoms with Gasteiger partial charge in [-0.05, 0) is 38.5 Å². The van der Waals surface area contributed by atoms with Gasteiger partial charge in [0.25, 0.3) is 5.91 Å². The summed E-state index contributed by atoms with van der Waals surface area (Å²) in [4.78, 5) is 22.5. The van der Waals surface area contributed by atoms with E-state index in [0.717, 1.165) is 0 Å². The van der Waals surface area contributed by atoms with Crippen molar-refractivity contribution in [1.82, 2.24) is 5.32 Å². The van der Waals surface area contributed by atoms with Crippen LogP contribution < -0.4 is 5.32 Å². The summed E-state index contributed by atoms with van der Waals surface area (Å²) < 4.78 is 0. The second-order valence-electron chi connectivity index (χ2n) is 3.96. The lowest BCUT2D eigenvalue weighted by atomic mass is 10.0. The first-order valence-electron chi connectivity index (χ1n) is 5.06. The monoisotopic (exact) mass is 221 g/mol. The van der Waals surface area contributed by atoms with Gasteiger partial charge >= 0.3 is 5.97 Å². The standard InChI is InChI=1S/C12H15NO3/c1-7(2)13-11(14)9-5-4-8(3)10(6-9)12(15)16/h4-7H,1-3H3,(H,13,14)(H,15,16). The van der Waals surface area contributed by atoms with Crippen molar-refractivity contribution in [1.29, 1.82) is 0 Å². The molecule has 0 aromatic heterocycles. The highest BCUT2D eigenvalue weighted by atomic mass is 16.4. The van der Waals surface area contributed by atoms with Crippen LogP contribution in [0.5, 0.6) is 0 Å². The SMILES string of the molecule is Cc1ccc(C(=O)NC(C)C)cc1C(=O)O. The van der Waals surface area contributed by atoms with E-state index in [0.29, 0.717) is 11.1 Å². The fraction of sp³-hybridized carbons (Fsp3) is 0.333. The Kier molecular flexibility index (Phi) is 3.66. The maximum Gasteiger partial charge on any atom is 0.335 e. The van der Waals surface area contributed by atoms with E-state index in [1.165, 1.54) is 6.07 Å². The van der Waals surface area contributed by atoms with Gasteiger partial charge in [0.1, 0.15) is 0 Å². The topological polar surface area (TPSA) is 66.4 Å². The van der Waals surface area contributed by atoms with E-state index in [1.807, 2.05) is 13.8 Å². The van der Waals surface area contributed by atoms with Crippen LogP contribution in [0.15, 0.2) is 18.2 Å². The third-order valence-corrected chi connectivity index (χ3v) is 2.15.